The fourth-order valence-electron chi connectivity index (χ4n) is 4.06. The third kappa shape index (κ3) is 3.28. The van der Waals surface area contributed by atoms with Crippen LogP contribution in [0.2, 0.25) is 0 Å². The van der Waals surface area contributed by atoms with Gasteiger partial charge in [-0.25, -0.2) is 0 Å². The zero-order valence-electron chi connectivity index (χ0n) is 15.7. The number of nitrogens with one attached hydrogen (secondary N) is 1. The lowest BCUT2D eigenvalue weighted by Crippen LogP contribution is -2.31. The first kappa shape index (κ1) is 17.6. The number of amides is 1. The number of nitrogens with zero attached hydrogens (tertiary/aromatic N) is 2. The van der Waals surface area contributed by atoms with Crippen LogP contribution in [0.25, 0.3) is 10.9 Å². The molecule has 4 heteroatoms. The van der Waals surface area contributed by atoms with E-state index in [1.165, 1.54) is 27.7 Å². The fraction of sp³-hybridized carbons (Fsp3) is 0.261. The lowest BCUT2D eigenvalue weighted by atomic mass is 10.0. The molecule has 0 bridgehead atoms. The average molecular weight is 359 g/mol. The Morgan fingerprint density at radius 1 is 1.19 bits per heavy atom. The molecular formula is C23H25N3O. The molecule has 27 heavy (non-hydrogen) atoms. The number of hydrogen-bond donors (Lipinski definition) is 1. The molecule has 138 valence electrons. The van der Waals surface area contributed by atoms with E-state index in [0.29, 0.717) is 5.56 Å². The van der Waals surface area contributed by atoms with E-state index >= 15 is 0 Å². The number of para-hydroxylation sites is 1. The fourth-order valence-corrected chi connectivity index (χ4v) is 4.06. The Balaban J connectivity index is 1.70. The quantitative estimate of drug-likeness (QED) is 0.707. The highest BCUT2D eigenvalue weighted by Gasteiger charge is 2.23. The van der Waals surface area contributed by atoms with Gasteiger partial charge in [-0.15, -0.1) is 6.58 Å². The number of rotatable bonds is 5. The summed E-state index contributed by atoms with van der Waals surface area (Å²) >= 11 is 0. The Morgan fingerprint density at radius 2 is 1.96 bits per heavy atom. The van der Waals surface area contributed by atoms with E-state index in [1.54, 1.807) is 7.05 Å². The lowest BCUT2D eigenvalue weighted by molar-refractivity contribution is 0.0963. The van der Waals surface area contributed by atoms with Gasteiger partial charge >= 0.3 is 0 Å². The van der Waals surface area contributed by atoms with Gasteiger partial charge in [0.05, 0.1) is 0 Å². The molecule has 0 saturated carbocycles. The molecule has 1 aliphatic rings. The van der Waals surface area contributed by atoms with Crippen molar-refractivity contribution in [3.05, 3.63) is 83.6 Å². The molecule has 0 unspecified atom stereocenters. The molecule has 0 fully saturated rings. The van der Waals surface area contributed by atoms with Crippen LogP contribution in [0, 0.1) is 0 Å². The van der Waals surface area contributed by atoms with Gasteiger partial charge in [-0.2, -0.15) is 0 Å². The molecule has 2 heterocycles. The molecule has 0 atom stereocenters. The molecule has 1 N–H and O–H groups in total. The van der Waals surface area contributed by atoms with Crippen LogP contribution in [-0.4, -0.2) is 35.5 Å². The zero-order chi connectivity index (χ0) is 18.8. The molecular weight excluding hydrogens is 334 g/mol. The van der Waals surface area contributed by atoms with Crippen LogP contribution >= 0.6 is 0 Å². The molecule has 0 saturated heterocycles. The van der Waals surface area contributed by atoms with Gasteiger partial charge in [0.25, 0.3) is 5.91 Å². The van der Waals surface area contributed by atoms with Crippen molar-refractivity contribution in [3.8, 4) is 0 Å². The minimum absolute atomic E-state index is 0.0485. The van der Waals surface area contributed by atoms with Crippen LogP contribution in [0.3, 0.4) is 0 Å². The van der Waals surface area contributed by atoms with Crippen molar-refractivity contribution in [1.29, 1.82) is 0 Å². The van der Waals surface area contributed by atoms with Gasteiger partial charge in [0.15, 0.2) is 0 Å². The third-order valence-electron chi connectivity index (χ3n) is 5.41. The maximum absolute atomic E-state index is 11.8. The van der Waals surface area contributed by atoms with Gasteiger partial charge in [-0.05, 0) is 29.3 Å². The summed E-state index contributed by atoms with van der Waals surface area (Å²) < 4.78 is 2.45. The summed E-state index contributed by atoms with van der Waals surface area (Å²) in [6.07, 6.45) is 3.03. The first-order valence-electron chi connectivity index (χ1n) is 9.44. The highest BCUT2D eigenvalue weighted by atomic mass is 16.1. The van der Waals surface area contributed by atoms with Crippen molar-refractivity contribution in [2.45, 2.75) is 19.5 Å². The Bertz CT molecular complexity index is 985. The van der Waals surface area contributed by atoms with Gasteiger partial charge in [-0.1, -0.05) is 36.4 Å². The molecule has 1 aliphatic heterocycles. The van der Waals surface area contributed by atoms with Gasteiger partial charge in [0.1, 0.15) is 0 Å². The number of carbonyl (C=O) groups excluding carboxylic acids is 1. The van der Waals surface area contributed by atoms with Crippen molar-refractivity contribution < 1.29 is 4.79 Å². The molecule has 0 aliphatic carbocycles. The Hall–Kier alpha value is -2.85. The van der Waals surface area contributed by atoms with Crippen molar-refractivity contribution in [2.75, 3.05) is 20.1 Å². The van der Waals surface area contributed by atoms with Gasteiger partial charge < -0.3 is 9.88 Å². The molecule has 1 aromatic heterocycles. The van der Waals surface area contributed by atoms with E-state index in [2.05, 4.69) is 57.8 Å². The van der Waals surface area contributed by atoms with E-state index in [9.17, 15) is 4.79 Å². The van der Waals surface area contributed by atoms with Crippen LogP contribution in [0.15, 0.2) is 61.2 Å². The molecule has 0 radical (unpaired) electrons. The van der Waals surface area contributed by atoms with Crippen molar-refractivity contribution in [2.24, 2.45) is 0 Å². The molecule has 2 aromatic carbocycles. The van der Waals surface area contributed by atoms with Crippen LogP contribution < -0.4 is 5.32 Å². The minimum atomic E-state index is -0.0485. The standard InChI is InChI=1S/C23H25N3O/c1-3-13-25-14-12-22-20(16-25)19-6-4-5-7-21(19)26(22)15-17-8-10-18(11-9-17)23(27)24-2/h3-11H,1,12-16H2,2H3,(H,24,27). The van der Waals surface area contributed by atoms with E-state index in [1.807, 2.05) is 18.2 Å². The van der Waals surface area contributed by atoms with E-state index in [4.69, 9.17) is 0 Å². The van der Waals surface area contributed by atoms with Gasteiger partial charge in [0, 0.05) is 61.8 Å². The Labute approximate surface area is 160 Å². The minimum Gasteiger partial charge on any atom is -0.355 e. The topological polar surface area (TPSA) is 37.3 Å². The largest absolute Gasteiger partial charge is 0.355 e. The summed E-state index contributed by atoms with van der Waals surface area (Å²) in [5.41, 5.74) is 6.08. The highest BCUT2D eigenvalue weighted by molar-refractivity contribution is 5.94. The second-order valence-electron chi connectivity index (χ2n) is 7.08. The highest BCUT2D eigenvalue weighted by Crippen LogP contribution is 2.31. The molecule has 4 nitrogen and oxygen atoms in total. The van der Waals surface area contributed by atoms with Crippen LogP contribution in [0.5, 0.6) is 0 Å². The summed E-state index contributed by atoms with van der Waals surface area (Å²) in [7, 11) is 1.66. The van der Waals surface area contributed by atoms with Crippen molar-refractivity contribution >= 4 is 16.8 Å². The summed E-state index contributed by atoms with van der Waals surface area (Å²) in [5, 5.41) is 4.02. The maximum Gasteiger partial charge on any atom is 0.251 e. The van der Waals surface area contributed by atoms with Crippen molar-refractivity contribution in [3.63, 3.8) is 0 Å². The normalized spacial score (nSPS) is 14.1. The maximum atomic E-state index is 11.8. The van der Waals surface area contributed by atoms with Crippen LogP contribution in [0.4, 0.5) is 0 Å². The smallest absolute Gasteiger partial charge is 0.251 e. The molecule has 4 rings (SSSR count). The van der Waals surface area contributed by atoms with E-state index < -0.39 is 0 Å². The summed E-state index contributed by atoms with van der Waals surface area (Å²) in [6.45, 7) is 7.68. The molecule has 1 amide bonds. The zero-order valence-corrected chi connectivity index (χ0v) is 15.7. The Kier molecular flexibility index (Phi) is 4.82. The lowest BCUT2D eigenvalue weighted by Gasteiger charge is -2.27. The Morgan fingerprint density at radius 3 is 2.70 bits per heavy atom. The second kappa shape index (κ2) is 7.41. The van der Waals surface area contributed by atoms with E-state index in [0.717, 1.165) is 32.6 Å². The molecule has 0 spiro atoms. The second-order valence-corrected chi connectivity index (χ2v) is 7.08. The third-order valence-corrected chi connectivity index (χ3v) is 5.41. The monoisotopic (exact) mass is 359 g/mol. The predicted octanol–water partition coefficient (Wildman–Crippen LogP) is 3.59. The van der Waals surface area contributed by atoms with Gasteiger partial charge in [-0.3, -0.25) is 9.69 Å². The summed E-state index contributed by atoms with van der Waals surface area (Å²) in [4.78, 5) is 14.2. The number of fused-ring (bicyclic) bond motifs is 3. The summed E-state index contributed by atoms with van der Waals surface area (Å²) in [5.74, 6) is -0.0485. The van der Waals surface area contributed by atoms with E-state index in [-0.39, 0.29) is 5.91 Å². The number of hydrogen-bond acceptors (Lipinski definition) is 2. The predicted molar refractivity (Wildman–Crippen MR) is 110 cm³/mol. The van der Waals surface area contributed by atoms with Crippen LogP contribution in [-0.2, 0) is 19.5 Å². The van der Waals surface area contributed by atoms with Gasteiger partial charge in [0.2, 0.25) is 0 Å². The SMILES string of the molecule is C=CCN1CCc2c(c3ccccc3n2Cc2ccc(C(=O)NC)cc2)C1. The number of benzene rings is 2. The summed E-state index contributed by atoms with van der Waals surface area (Å²) in [6, 6.07) is 16.6. The van der Waals surface area contributed by atoms with Crippen LogP contribution in [0.1, 0.15) is 27.2 Å². The first-order chi connectivity index (χ1) is 13.2. The number of carbonyl (C=O) groups is 1. The average Bonchev–Trinajstić information content (AvgIpc) is 3.02. The first-order valence-corrected chi connectivity index (χ1v) is 9.44. The van der Waals surface area contributed by atoms with Crippen molar-refractivity contribution in [1.82, 2.24) is 14.8 Å². The molecule has 3 aromatic rings. The number of aromatic nitrogens is 1.